The Balaban J connectivity index is 4.28. The molecule has 0 aromatic rings. The highest BCUT2D eigenvalue weighted by Crippen LogP contribution is 2.19. The van der Waals surface area contributed by atoms with Crippen LogP contribution >= 0.6 is 0 Å². The molecule has 18 heavy (non-hydrogen) atoms. The summed E-state index contributed by atoms with van der Waals surface area (Å²) in [5, 5.41) is 27.3. The number of rotatable bonds is 10. The van der Waals surface area contributed by atoms with Gasteiger partial charge in [0.1, 0.15) is 6.61 Å². The maximum Gasteiger partial charge on any atom is 0.308 e. The third-order valence-electron chi connectivity index (χ3n) is 3.26. The highest BCUT2D eigenvalue weighted by Gasteiger charge is 2.31. The number of hydrogen-bond acceptors (Lipinski definition) is 5. The highest BCUT2D eigenvalue weighted by molar-refractivity contribution is 5.72. The van der Waals surface area contributed by atoms with Crippen molar-refractivity contribution in [2.75, 3.05) is 26.4 Å². The van der Waals surface area contributed by atoms with Crippen molar-refractivity contribution in [1.29, 1.82) is 0 Å². The fourth-order valence-corrected chi connectivity index (χ4v) is 1.57. The molecule has 0 amide bonds. The van der Waals surface area contributed by atoms with Crippen LogP contribution in [-0.4, -0.2) is 47.7 Å². The molecular weight excluding hydrogens is 236 g/mol. The van der Waals surface area contributed by atoms with Gasteiger partial charge in [-0.2, -0.15) is 0 Å². The van der Waals surface area contributed by atoms with Gasteiger partial charge in [-0.05, 0) is 12.8 Å². The van der Waals surface area contributed by atoms with Crippen molar-refractivity contribution in [2.24, 2.45) is 11.3 Å². The SMILES string of the molecule is CCCCC(CC)C(=O)OCC(CO)(CO)CO. The van der Waals surface area contributed by atoms with Gasteiger partial charge in [0.05, 0.1) is 31.2 Å². The second kappa shape index (κ2) is 9.30. The van der Waals surface area contributed by atoms with Crippen molar-refractivity contribution < 1.29 is 24.9 Å². The van der Waals surface area contributed by atoms with Gasteiger partial charge >= 0.3 is 5.97 Å². The first-order valence-electron chi connectivity index (χ1n) is 6.58. The average Bonchev–Trinajstić information content (AvgIpc) is 2.42. The van der Waals surface area contributed by atoms with Crippen LogP contribution in [0.1, 0.15) is 39.5 Å². The van der Waals surface area contributed by atoms with Gasteiger partial charge in [0, 0.05) is 0 Å². The topological polar surface area (TPSA) is 87.0 Å². The summed E-state index contributed by atoms with van der Waals surface area (Å²) in [6.07, 6.45) is 3.50. The second-order valence-electron chi connectivity index (χ2n) is 4.83. The van der Waals surface area contributed by atoms with Gasteiger partial charge in [-0.1, -0.05) is 26.7 Å². The van der Waals surface area contributed by atoms with Crippen LogP contribution in [0.5, 0.6) is 0 Å². The molecule has 3 N–H and O–H groups in total. The van der Waals surface area contributed by atoms with E-state index in [2.05, 4.69) is 6.92 Å². The van der Waals surface area contributed by atoms with Crippen molar-refractivity contribution in [3.63, 3.8) is 0 Å². The van der Waals surface area contributed by atoms with E-state index in [4.69, 9.17) is 20.1 Å². The molecule has 1 unspecified atom stereocenters. The highest BCUT2D eigenvalue weighted by atomic mass is 16.5. The van der Waals surface area contributed by atoms with Crippen LogP contribution in [0.3, 0.4) is 0 Å². The molecule has 5 heteroatoms. The molecule has 0 aliphatic rings. The average molecular weight is 262 g/mol. The Morgan fingerprint density at radius 3 is 2.11 bits per heavy atom. The number of unbranched alkanes of at least 4 members (excludes halogenated alkanes) is 1. The van der Waals surface area contributed by atoms with Crippen molar-refractivity contribution >= 4 is 5.97 Å². The second-order valence-corrected chi connectivity index (χ2v) is 4.83. The standard InChI is InChI=1S/C13H26O5/c1-3-5-6-11(4-2)12(17)18-10-13(7-14,8-15)9-16/h11,14-16H,3-10H2,1-2H3. The number of hydrogen-bond donors (Lipinski definition) is 3. The van der Waals surface area contributed by atoms with E-state index in [0.717, 1.165) is 19.3 Å². The van der Waals surface area contributed by atoms with Crippen LogP contribution in [0.2, 0.25) is 0 Å². The Labute approximate surface area is 109 Å². The molecular formula is C13H26O5. The number of carbonyl (C=O) groups is 1. The minimum Gasteiger partial charge on any atom is -0.465 e. The molecule has 0 aromatic heterocycles. The van der Waals surface area contributed by atoms with Crippen LogP contribution in [0, 0.1) is 11.3 Å². The molecule has 0 heterocycles. The van der Waals surface area contributed by atoms with E-state index in [-0.39, 0.29) is 18.5 Å². The normalized spacial score (nSPS) is 13.4. The van der Waals surface area contributed by atoms with E-state index >= 15 is 0 Å². The van der Waals surface area contributed by atoms with Crippen molar-refractivity contribution in [3.8, 4) is 0 Å². The predicted octanol–water partition coefficient (Wildman–Crippen LogP) is 0.709. The van der Waals surface area contributed by atoms with E-state index in [9.17, 15) is 4.79 Å². The Bertz CT molecular complexity index is 217. The predicted molar refractivity (Wildman–Crippen MR) is 68.0 cm³/mol. The third kappa shape index (κ3) is 5.33. The van der Waals surface area contributed by atoms with Crippen LogP contribution in [0.4, 0.5) is 0 Å². The monoisotopic (exact) mass is 262 g/mol. The third-order valence-corrected chi connectivity index (χ3v) is 3.26. The summed E-state index contributed by atoms with van der Waals surface area (Å²) < 4.78 is 5.11. The molecule has 0 aliphatic heterocycles. The van der Waals surface area contributed by atoms with Gasteiger partial charge in [-0.3, -0.25) is 4.79 Å². The summed E-state index contributed by atoms with van der Waals surface area (Å²) in [4.78, 5) is 11.8. The zero-order valence-electron chi connectivity index (χ0n) is 11.4. The smallest absolute Gasteiger partial charge is 0.308 e. The number of ether oxygens (including phenoxy) is 1. The van der Waals surface area contributed by atoms with Crippen LogP contribution in [0.15, 0.2) is 0 Å². The van der Waals surface area contributed by atoms with Gasteiger partial charge in [-0.15, -0.1) is 0 Å². The number of carbonyl (C=O) groups excluding carboxylic acids is 1. The summed E-state index contributed by atoms with van der Waals surface area (Å²) in [6, 6.07) is 0. The van der Waals surface area contributed by atoms with E-state index in [0.29, 0.717) is 6.42 Å². The minimum atomic E-state index is -1.14. The van der Waals surface area contributed by atoms with Gasteiger partial charge < -0.3 is 20.1 Å². The fourth-order valence-electron chi connectivity index (χ4n) is 1.57. The number of aliphatic hydroxyl groups excluding tert-OH is 3. The first-order valence-corrected chi connectivity index (χ1v) is 6.58. The lowest BCUT2D eigenvalue weighted by Gasteiger charge is -2.27. The zero-order valence-corrected chi connectivity index (χ0v) is 11.4. The summed E-state index contributed by atoms with van der Waals surface area (Å²) in [6.45, 7) is 2.58. The van der Waals surface area contributed by atoms with Crippen molar-refractivity contribution in [2.45, 2.75) is 39.5 Å². The Kier molecular flexibility index (Phi) is 8.97. The van der Waals surface area contributed by atoms with Crippen molar-refractivity contribution in [3.05, 3.63) is 0 Å². The first kappa shape index (κ1) is 17.4. The minimum absolute atomic E-state index is 0.140. The maximum absolute atomic E-state index is 11.8. The zero-order chi connectivity index (χ0) is 14.0. The maximum atomic E-state index is 11.8. The molecule has 1 atom stereocenters. The van der Waals surface area contributed by atoms with Crippen LogP contribution in [-0.2, 0) is 9.53 Å². The van der Waals surface area contributed by atoms with Gasteiger partial charge in [-0.25, -0.2) is 0 Å². The van der Waals surface area contributed by atoms with E-state index < -0.39 is 25.2 Å². The van der Waals surface area contributed by atoms with Gasteiger partial charge in [0.15, 0.2) is 0 Å². The molecule has 0 saturated carbocycles. The molecule has 5 nitrogen and oxygen atoms in total. The summed E-state index contributed by atoms with van der Waals surface area (Å²) in [5.41, 5.74) is -1.14. The summed E-state index contributed by atoms with van der Waals surface area (Å²) >= 11 is 0. The van der Waals surface area contributed by atoms with E-state index in [1.54, 1.807) is 0 Å². The lowest BCUT2D eigenvalue weighted by molar-refractivity contribution is -0.156. The number of aliphatic hydroxyl groups is 3. The largest absolute Gasteiger partial charge is 0.465 e. The molecule has 0 aromatic carbocycles. The van der Waals surface area contributed by atoms with Crippen molar-refractivity contribution in [1.82, 2.24) is 0 Å². The number of esters is 1. The van der Waals surface area contributed by atoms with Crippen LogP contribution < -0.4 is 0 Å². The van der Waals surface area contributed by atoms with E-state index in [1.165, 1.54) is 0 Å². The molecule has 0 bridgehead atoms. The molecule has 108 valence electrons. The Morgan fingerprint density at radius 1 is 1.17 bits per heavy atom. The lowest BCUT2D eigenvalue weighted by Crippen LogP contribution is -2.40. The van der Waals surface area contributed by atoms with Crippen LogP contribution in [0.25, 0.3) is 0 Å². The fraction of sp³-hybridized carbons (Fsp3) is 0.923. The molecule has 0 spiro atoms. The first-order chi connectivity index (χ1) is 8.59. The quantitative estimate of drug-likeness (QED) is 0.505. The Hall–Kier alpha value is -0.650. The van der Waals surface area contributed by atoms with Gasteiger partial charge in [0.25, 0.3) is 0 Å². The molecule has 0 saturated heterocycles. The molecule has 0 rings (SSSR count). The summed E-state index contributed by atoms with van der Waals surface area (Å²) in [5.74, 6) is -0.454. The summed E-state index contributed by atoms with van der Waals surface area (Å²) in [7, 11) is 0. The Morgan fingerprint density at radius 2 is 1.72 bits per heavy atom. The molecule has 0 radical (unpaired) electrons. The molecule has 0 fully saturated rings. The van der Waals surface area contributed by atoms with Gasteiger partial charge in [0.2, 0.25) is 0 Å². The van der Waals surface area contributed by atoms with E-state index in [1.807, 2.05) is 6.92 Å². The molecule has 0 aliphatic carbocycles. The lowest BCUT2D eigenvalue weighted by atomic mass is 9.92.